The van der Waals surface area contributed by atoms with Crippen LogP contribution in [0.4, 0.5) is 17.1 Å². The van der Waals surface area contributed by atoms with Crippen LogP contribution in [0.25, 0.3) is 0 Å². The quantitative estimate of drug-likeness (QED) is 0.671. The van der Waals surface area contributed by atoms with Crippen molar-refractivity contribution in [1.29, 1.82) is 0 Å². The highest BCUT2D eigenvalue weighted by Gasteiger charge is 2.23. The zero-order chi connectivity index (χ0) is 17.8. The number of para-hydroxylation sites is 1. The molecule has 0 radical (unpaired) electrons. The molecule has 0 atom stereocenters. The van der Waals surface area contributed by atoms with E-state index in [0.717, 1.165) is 37.9 Å². The lowest BCUT2D eigenvalue weighted by Crippen LogP contribution is -2.30. The van der Waals surface area contributed by atoms with Crippen LogP contribution in [0.5, 0.6) is 0 Å². The lowest BCUT2D eigenvalue weighted by atomic mass is 10.1. The molecule has 0 aromatic heterocycles. The Hall–Kier alpha value is -2.89. The number of aryl methyl sites for hydroxylation is 1. The van der Waals surface area contributed by atoms with E-state index in [2.05, 4.69) is 5.32 Å². The van der Waals surface area contributed by atoms with E-state index >= 15 is 0 Å². The van der Waals surface area contributed by atoms with Gasteiger partial charge in [0.05, 0.1) is 4.92 Å². The molecule has 0 unspecified atom stereocenters. The number of anilines is 2. The van der Waals surface area contributed by atoms with E-state index in [4.69, 9.17) is 0 Å². The van der Waals surface area contributed by atoms with Crippen LogP contribution in [0.2, 0.25) is 0 Å². The fraction of sp³-hybridized carbons (Fsp3) is 0.316. The molecule has 1 fully saturated rings. The molecular weight excluding hydrogens is 318 g/mol. The van der Waals surface area contributed by atoms with Crippen molar-refractivity contribution in [2.45, 2.75) is 26.2 Å². The maximum Gasteiger partial charge on any atom is 0.293 e. The Morgan fingerprint density at radius 3 is 2.52 bits per heavy atom. The molecule has 1 saturated heterocycles. The number of rotatable bonds is 4. The van der Waals surface area contributed by atoms with Gasteiger partial charge in [0.25, 0.3) is 11.6 Å². The number of nitrogens with one attached hydrogen (secondary N) is 1. The molecule has 3 rings (SSSR count). The van der Waals surface area contributed by atoms with Crippen LogP contribution >= 0.6 is 0 Å². The average molecular weight is 339 g/mol. The average Bonchev–Trinajstić information content (AvgIpc) is 2.63. The van der Waals surface area contributed by atoms with Gasteiger partial charge in [-0.3, -0.25) is 14.9 Å². The largest absolute Gasteiger partial charge is 0.366 e. The van der Waals surface area contributed by atoms with Gasteiger partial charge in [0.15, 0.2) is 0 Å². The van der Waals surface area contributed by atoms with Crippen LogP contribution in [0.15, 0.2) is 42.5 Å². The molecule has 130 valence electrons. The van der Waals surface area contributed by atoms with Crippen LogP contribution in [-0.2, 0) is 0 Å². The van der Waals surface area contributed by atoms with Crippen molar-refractivity contribution < 1.29 is 9.72 Å². The van der Waals surface area contributed by atoms with Crippen LogP contribution in [0.1, 0.15) is 35.2 Å². The third kappa shape index (κ3) is 3.79. The number of hydrogen-bond donors (Lipinski definition) is 1. The summed E-state index contributed by atoms with van der Waals surface area (Å²) < 4.78 is 0. The highest BCUT2D eigenvalue weighted by Crippen LogP contribution is 2.31. The van der Waals surface area contributed by atoms with E-state index in [0.29, 0.717) is 11.4 Å². The normalized spacial score (nSPS) is 14.2. The predicted molar refractivity (Wildman–Crippen MR) is 98.3 cm³/mol. The first-order valence-electron chi connectivity index (χ1n) is 8.46. The Morgan fingerprint density at radius 2 is 1.84 bits per heavy atom. The molecule has 1 amide bonds. The summed E-state index contributed by atoms with van der Waals surface area (Å²) in [6, 6.07) is 12.2. The molecule has 1 aliphatic rings. The molecule has 1 N–H and O–H groups in total. The lowest BCUT2D eigenvalue weighted by molar-refractivity contribution is -0.384. The molecule has 25 heavy (non-hydrogen) atoms. The van der Waals surface area contributed by atoms with Gasteiger partial charge in [-0.25, -0.2) is 0 Å². The first-order valence-corrected chi connectivity index (χ1v) is 8.46. The summed E-state index contributed by atoms with van der Waals surface area (Å²) in [6.07, 6.45) is 3.22. The van der Waals surface area contributed by atoms with E-state index in [-0.39, 0.29) is 17.2 Å². The summed E-state index contributed by atoms with van der Waals surface area (Å²) in [7, 11) is 0. The maximum atomic E-state index is 12.5. The molecule has 6 heteroatoms. The predicted octanol–water partition coefficient (Wildman–Crippen LogP) is 4.15. The zero-order valence-corrected chi connectivity index (χ0v) is 14.2. The van der Waals surface area contributed by atoms with Crippen molar-refractivity contribution in [3.05, 3.63) is 63.7 Å². The van der Waals surface area contributed by atoms with E-state index in [1.807, 2.05) is 36.1 Å². The number of hydrogen-bond acceptors (Lipinski definition) is 4. The van der Waals surface area contributed by atoms with Crippen molar-refractivity contribution in [1.82, 2.24) is 0 Å². The number of nitro groups is 1. The lowest BCUT2D eigenvalue weighted by Gasteiger charge is -2.28. The van der Waals surface area contributed by atoms with Crippen molar-refractivity contribution in [3.63, 3.8) is 0 Å². The van der Waals surface area contributed by atoms with Crippen molar-refractivity contribution >= 4 is 23.0 Å². The Morgan fingerprint density at radius 1 is 1.12 bits per heavy atom. The second-order valence-electron chi connectivity index (χ2n) is 6.28. The number of carbonyl (C=O) groups is 1. The number of nitrogens with zero attached hydrogens (tertiary/aromatic N) is 2. The van der Waals surface area contributed by atoms with Crippen LogP contribution in [-0.4, -0.2) is 23.9 Å². The first kappa shape index (κ1) is 17.0. The summed E-state index contributed by atoms with van der Waals surface area (Å²) in [4.78, 5) is 25.6. The second kappa shape index (κ2) is 7.34. The summed E-state index contributed by atoms with van der Waals surface area (Å²) in [5.41, 5.74) is 2.51. The third-order valence-corrected chi connectivity index (χ3v) is 4.52. The Bertz CT molecular complexity index is 798. The summed E-state index contributed by atoms with van der Waals surface area (Å²) in [5, 5.41) is 14.3. The summed E-state index contributed by atoms with van der Waals surface area (Å²) in [6.45, 7) is 3.53. The third-order valence-electron chi connectivity index (χ3n) is 4.52. The minimum atomic E-state index is -0.408. The SMILES string of the molecule is Cc1ccccc1NC(=O)c1ccc(N2CCCCC2)c([N+](=O)[O-])c1. The number of carbonyl (C=O) groups excluding carboxylic acids is 1. The molecule has 2 aromatic rings. The van der Waals surface area contributed by atoms with Gasteiger partial charge >= 0.3 is 0 Å². The Labute approximate surface area is 146 Å². The monoisotopic (exact) mass is 339 g/mol. The summed E-state index contributed by atoms with van der Waals surface area (Å²) >= 11 is 0. The molecule has 2 aromatic carbocycles. The van der Waals surface area contributed by atoms with Crippen LogP contribution < -0.4 is 10.2 Å². The molecule has 0 bridgehead atoms. The molecular formula is C19H21N3O3. The first-order chi connectivity index (χ1) is 12.1. The number of benzene rings is 2. The standard InChI is InChI=1S/C19H21N3O3/c1-14-7-3-4-8-16(14)20-19(23)15-9-10-17(18(13-15)22(24)25)21-11-5-2-6-12-21/h3-4,7-10,13H,2,5-6,11-12H2,1H3,(H,20,23). The minimum Gasteiger partial charge on any atom is -0.366 e. The van der Waals surface area contributed by atoms with Crippen LogP contribution in [0, 0.1) is 17.0 Å². The highest BCUT2D eigenvalue weighted by molar-refractivity contribution is 6.05. The van der Waals surface area contributed by atoms with E-state index in [9.17, 15) is 14.9 Å². The fourth-order valence-electron chi connectivity index (χ4n) is 3.12. The maximum absolute atomic E-state index is 12.5. The number of amides is 1. The van der Waals surface area contributed by atoms with Crippen molar-refractivity contribution in [3.8, 4) is 0 Å². The number of piperidine rings is 1. The molecule has 0 spiro atoms. The van der Waals surface area contributed by atoms with Gasteiger partial charge < -0.3 is 10.2 Å². The van der Waals surface area contributed by atoms with Crippen molar-refractivity contribution in [2.75, 3.05) is 23.3 Å². The van der Waals surface area contributed by atoms with Crippen LogP contribution in [0.3, 0.4) is 0 Å². The minimum absolute atomic E-state index is 0.0145. The van der Waals surface area contributed by atoms with E-state index < -0.39 is 4.92 Å². The molecule has 6 nitrogen and oxygen atoms in total. The van der Waals surface area contributed by atoms with Gasteiger partial charge in [0.2, 0.25) is 0 Å². The smallest absolute Gasteiger partial charge is 0.293 e. The Kier molecular flexibility index (Phi) is 4.97. The fourth-order valence-corrected chi connectivity index (χ4v) is 3.12. The number of nitro benzene ring substituents is 1. The second-order valence-corrected chi connectivity index (χ2v) is 6.28. The Balaban J connectivity index is 1.87. The van der Waals surface area contributed by atoms with Gasteiger partial charge in [-0.1, -0.05) is 18.2 Å². The topological polar surface area (TPSA) is 75.5 Å². The van der Waals surface area contributed by atoms with Crippen molar-refractivity contribution in [2.24, 2.45) is 0 Å². The molecule has 0 aliphatic carbocycles. The highest BCUT2D eigenvalue weighted by atomic mass is 16.6. The summed E-state index contributed by atoms with van der Waals surface area (Å²) in [5.74, 6) is -0.345. The van der Waals surface area contributed by atoms with Gasteiger partial charge in [0.1, 0.15) is 5.69 Å². The molecule has 1 heterocycles. The van der Waals surface area contributed by atoms with E-state index in [1.165, 1.54) is 6.07 Å². The van der Waals surface area contributed by atoms with E-state index in [1.54, 1.807) is 12.1 Å². The zero-order valence-electron chi connectivity index (χ0n) is 14.2. The van der Waals surface area contributed by atoms with Gasteiger partial charge in [-0.15, -0.1) is 0 Å². The van der Waals surface area contributed by atoms with Gasteiger partial charge in [-0.2, -0.15) is 0 Å². The van der Waals surface area contributed by atoms with Gasteiger partial charge in [-0.05, 0) is 49.9 Å². The molecule has 1 aliphatic heterocycles. The molecule has 0 saturated carbocycles. The van der Waals surface area contributed by atoms with Gasteiger partial charge in [0, 0.05) is 30.4 Å².